The zero-order valence-corrected chi connectivity index (χ0v) is 8.32. The number of rotatable bonds is 3. The van der Waals surface area contributed by atoms with E-state index in [9.17, 15) is 4.79 Å². The highest BCUT2D eigenvalue weighted by Crippen LogP contribution is 2.25. The molecular formula is C9H8N2O2S. The Hall–Kier alpha value is -1.62. The number of carbonyl (C=O) groups is 1. The third kappa shape index (κ3) is 1.82. The molecule has 2 heterocycles. The van der Waals surface area contributed by atoms with E-state index in [-0.39, 0.29) is 0 Å². The molecule has 0 bridgehead atoms. The van der Waals surface area contributed by atoms with Crippen LogP contribution in [0.5, 0.6) is 11.5 Å². The first-order chi connectivity index (χ1) is 6.78. The first kappa shape index (κ1) is 8.96. The monoisotopic (exact) mass is 208 g/mol. The van der Waals surface area contributed by atoms with E-state index in [2.05, 4.69) is 5.10 Å². The molecule has 2 aromatic rings. The number of aldehydes is 1. The second-order valence-corrected chi connectivity index (χ2v) is 3.70. The molecule has 0 saturated carbocycles. The maximum absolute atomic E-state index is 10.4. The van der Waals surface area contributed by atoms with Crippen LogP contribution in [0.15, 0.2) is 23.8 Å². The van der Waals surface area contributed by atoms with Gasteiger partial charge < -0.3 is 4.74 Å². The third-order valence-electron chi connectivity index (χ3n) is 1.63. The van der Waals surface area contributed by atoms with E-state index in [1.165, 1.54) is 11.3 Å². The highest BCUT2D eigenvalue weighted by molar-refractivity contribution is 7.11. The van der Waals surface area contributed by atoms with Crippen molar-refractivity contribution in [1.82, 2.24) is 9.78 Å². The highest BCUT2D eigenvalue weighted by atomic mass is 32.1. The molecule has 4 nitrogen and oxygen atoms in total. The van der Waals surface area contributed by atoms with Gasteiger partial charge in [-0.3, -0.25) is 9.48 Å². The number of hydrogen-bond acceptors (Lipinski definition) is 4. The van der Waals surface area contributed by atoms with Crippen LogP contribution < -0.4 is 4.74 Å². The lowest BCUT2D eigenvalue weighted by atomic mass is 10.5. The lowest BCUT2D eigenvalue weighted by Gasteiger charge is -1.96. The van der Waals surface area contributed by atoms with Gasteiger partial charge >= 0.3 is 0 Å². The molecule has 0 amide bonds. The summed E-state index contributed by atoms with van der Waals surface area (Å²) in [6, 6.07) is 1.70. The summed E-state index contributed by atoms with van der Waals surface area (Å²) in [6.45, 7) is 0. The van der Waals surface area contributed by atoms with Gasteiger partial charge in [0.05, 0.1) is 17.3 Å². The van der Waals surface area contributed by atoms with Crippen molar-refractivity contribution in [2.75, 3.05) is 0 Å². The lowest BCUT2D eigenvalue weighted by molar-refractivity contribution is 0.112. The lowest BCUT2D eigenvalue weighted by Crippen LogP contribution is -1.84. The van der Waals surface area contributed by atoms with E-state index >= 15 is 0 Å². The van der Waals surface area contributed by atoms with Crippen LogP contribution in [0, 0.1) is 0 Å². The van der Waals surface area contributed by atoms with Crippen LogP contribution in [-0.2, 0) is 7.05 Å². The van der Waals surface area contributed by atoms with Gasteiger partial charge in [-0.05, 0) is 0 Å². The van der Waals surface area contributed by atoms with E-state index in [1.807, 2.05) is 7.05 Å². The van der Waals surface area contributed by atoms with Gasteiger partial charge in [0.1, 0.15) is 5.75 Å². The molecular weight excluding hydrogens is 200 g/mol. The van der Waals surface area contributed by atoms with Crippen molar-refractivity contribution in [3.8, 4) is 11.5 Å². The maximum Gasteiger partial charge on any atom is 0.165 e. The molecule has 0 unspecified atom stereocenters. The van der Waals surface area contributed by atoms with E-state index in [0.29, 0.717) is 16.4 Å². The van der Waals surface area contributed by atoms with E-state index < -0.39 is 0 Å². The molecule has 0 atom stereocenters. The van der Waals surface area contributed by atoms with Gasteiger partial charge in [-0.2, -0.15) is 5.10 Å². The molecule has 0 aromatic carbocycles. The minimum Gasteiger partial charge on any atom is -0.453 e. The minimum atomic E-state index is 0.656. The minimum absolute atomic E-state index is 0.656. The first-order valence-electron chi connectivity index (χ1n) is 3.98. The predicted octanol–water partition coefficient (Wildman–Crippen LogP) is 2.09. The molecule has 2 rings (SSSR count). The molecule has 14 heavy (non-hydrogen) atoms. The molecule has 0 saturated heterocycles. The van der Waals surface area contributed by atoms with Crippen LogP contribution in [0.4, 0.5) is 0 Å². The van der Waals surface area contributed by atoms with Crippen LogP contribution in [0.25, 0.3) is 0 Å². The molecule has 0 N–H and O–H groups in total. The van der Waals surface area contributed by atoms with Gasteiger partial charge in [0, 0.05) is 18.5 Å². The summed E-state index contributed by atoms with van der Waals surface area (Å²) in [5.41, 5.74) is 0. The molecule has 0 spiro atoms. The Bertz CT molecular complexity index is 447. The van der Waals surface area contributed by atoms with Crippen molar-refractivity contribution in [2.24, 2.45) is 7.05 Å². The molecule has 0 aliphatic heterocycles. The summed E-state index contributed by atoms with van der Waals surface area (Å²) in [6.07, 6.45) is 4.19. The number of nitrogens with zero attached hydrogens (tertiary/aromatic N) is 2. The number of hydrogen-bond donors (Lipinski definition) is 0. The second-order valence-electron chi connectivity index (χ2n) is 2.75. The molecule has 72 valence electrons. The normalized spacial score (nSPS) is 10.1. The second kappa shape index (κ2) is 3.63. The summed E-state index contributed by atoms with van der Waals surface area (Å²) < 4.78 is 7.10. The van der Waals surface area contributed by atoms with E-state index in [0.717, 1.165) is 6.29 Å². The van der Waals surface area contributed by atoms with Crippen LogP contribution in [0.2, 0.25) is 0 Å². The van der Waals surface area contributed by atoms with Crippen molar-refractivity contribution in [2.45, 2.75) is 0 Å². The Morgan fingerprint density at radius 1 is 1.57 bits per heavy atom. The number of aromatic nitrogens is 2. The summed E-state index contributed by atoms with van der Waals surface area (Å²) in [4.78, 5) is 11.1. The zero-order valence-electron chi connectivity index (χ0n) is 7.51. The number of aryl methyl sites for hydroxylation is 1. The fourth-order valence-corrected chi connectivity index (χ4v) is 1.65. The molecule has 0 aliphatic rings. The van der Waals surface area contributed by atoms with Crippen molar-refractivity contribution in [3.05, 3.63) is 28.7 Å². The Labute approximate surface area is 84.7 Å². The van der Waals surface area contributed by atoms with Crippen LogP contribution in [0.3, 0.4) is 0 Å². The fraction of sp³-hybridized carbons (Fsp3) is 0.111. The maximum atomic E-state index is 10.4. The number of carbonyl (C=O) groups excluding carboxylic acids is 1. The molecule has 0 fully saturated rings. The van der Waals surface area contributed by atoms with E-state index in [1.54, 1.807) is 28.5 Å². The van der Waals surface area contributed by atoms with Crippen LogP contribution >= 0.6 is 11.3 Å². The average molecular weight is 208 g/mol. The van der Waals surface area contributed by atoms with Gasteiger partial charge in [0.25, 0.3) is 0 Å². The largest absolute Gasteiger partial charge is 0.453 e. The summed E-state index contributed by atoms with van der Waals surface area (Å²) in [5, 5.41) is 5.75. The van der Waals surface area contributed by atoms with Crippen molar-refractivity contribution >= 4 is 17.6 Å². The third-order valence-corrected chi connectivity index (χ3v) is 2.47. The zero-order chi connectivity index (χ0) is 9.97. The smallest absolute Gasteiger partial charge is 0.165 e. The predicted molar refractivity (Wildman–Crippen MR) is 53.0 cm³/mol. The standard InChI is InChI=1S/C9H8N2O2S/c1-11-4-8(3-10-11)13-7-2-9(5-12)14-6-7/h2-6H,1H3. The van der Waals surface area contributed by atoms with Crippen LogP contribution in [-0.4, -0.2) is 16.1 Å². The Morgan fingerprint density at radius 2 is 2.43 bits per heavy atom. The molecule has 0 aliphatic carbocycles. The summed E-state index contributed by atoms with van der Waals surface area (Å²) in [5.74, 6) is 1.34. The van der Waals surface area contributed by atoms with Gasteiger partial charge in [0.2, 0.25) is 0 Å². The SMILES string of the molecule is Cn1cc(Oc2csc(C=O)c2)cn1. The topological polar surface area (TPSA) is 44.1 Å². The highest BCUT2D eigenvalue weighted by Gasteiger charge is 2.02. The average Bonchev–Trinajstić information content (AvgIpc) is 2.76. The van der Waals surface area contributed by atoms with Crippen molar-refractivity contribution in [3.63, 3.8) is 0 Å². The van der Waals surface area contributed by atoms with Crippen molar-refractivity contribution < 1.29 is 9.53 Å². The van der Waals surface area contributed by atoms with E-state index in [4.69, 9.17) is 4.74 Å². The van der Waals surface area contributed by atoms with Crippen LogP contribution in [0.1, 0.15) is 9.67 Å². The van der Waals surface area contributed by atoms with Gasteiger partial charge in [0.15, 0.2) is 12.0 Å². The van der Waals surface area contributed by atoms with Gasteiger partial charge in [-0.25, -0.2) is 0 Å². The molecule has 5 heteroatoms. The van der Waals surface area contributed by atoms with Gasteiger partial charge in [-0.1, -0.05) is 0 Å². The van der Waals surface area contributed by atoms with Gasteiger partial charge in [-0.15, -0.1) is 11.3 Å². The quantitative estimate of drug-likeness (QED) is 0.725. The molecule has 2 aromatic heterocycles. The first-order valence-corrected chi connectivity index (χ1v) is 4.86. The van der Waals surface area contributed by atoms with Crippen molar-refractivity contribution in [1.29, 1.82) is 0 Å². The Balaban J connectivity index is 2.14. The fourth-order valence-electron chi connectivity index (χ4n) is 1.04. The molecule has 0 radical (unpaired) electrons. The number of ether oxygens (including phenoxy) is 1. The summed E-state index contributed by atoms with van der Waals surface area (Å²) in [7, 11) is 1.82. The Morgan fingerprint density at radius 3 is 3.00 bits per heavy atom. The summed E-state index contributed by atoms with van der Waals surface area (Å²) >= 11 is 1.36. The number of thiophene rings is 1. The Kier molecular flexibility index (Phi) is 2.32.